The average molecular weight is 245 g/mol. The first kappa shape index (κ1) is 13.7. The third-order valence-electron chi connectivity index (χ3n) is 2.05. The highest BCUT2D eigenvalue weighted by Gasteiger charge is 2.15. The number of ether oxygens (including phenoxy) is 1. The predicted octanol–water partition coefficient (Wildman–Crippen LogP) is 1.42. The van der Waals surface area contributed by atoms with E-state index in [0.29, 0.717) is 23.4 Å². The summed E-state index contributed by atoms with van der Waals surface area (Å²) in [5.41, 5.74) is 1.30. The van der Waals surface area contributed by atoms with Crippen molar-refractivity contribution in [3.63, 3.8) is 0 Å². The molecule has 0 spiro atoms. The van der Waals surface area contributed by atoms with E-state index >= 15 is 0 Å². The molecule has 1 aromatic rings. The molecular weight excluding hydrogens is 230 g/mol. The van der Waals surface area contributed by atoms with E-state index < -0.39 is 5.97 Å². The van der Waals surface area contributed by atoms with Gasteiger partial charge in [0.1, 0.15) is 11.6 Å². The lowest BCUT2D eigenvalue weighted by atomic mass is 10.1. The van der Waals surface area contributed by atoms with Gasteiger partial charge >= 0.3 is 5.97 Å². The van der Waals surface area contributed by atoms with Crippen molar-refractivity contribution in [1.29, 1.82) is 5.26 Å². The maximum Gasteiger partial charge on any atom is 0.341 e. The van der Waals surface area contributed by atoms with Gasteiger partial charge in [-0.2, -0.15) is 5.26 Å². The number of nitrogens with zero attached hydrogens (tertiary/aromatic N) is 3. The monoisotopic (exact) mass is 245 g/mol. The van der Waals surface area contributed by atoms with Gasteiger partial charge in [-0.25, -0.2) is 4.79 Å². The molecule has 0 aliphatic heterocycles. The van der Waals surface area contributed by atoms with Crippen LogP contribution < -0.4 is 0 Å². The van der Waals surface area contributed by atoms with E-state index in [9.17, 15) is 4.79 Å². The van der Waals surface area contributed by atoms with Gasteiger partial charge in [-0.05, 0) is 19.1 Å². The summed E-state index contributed by atoms with van der Waals surface area (Å²) >= 11 is 0. The maximum atomic E-state index is 11.8. The molecule has 0 radical (unpaired) electrons. The number of hydrogen-bond donors (Lipinski definition) is 0. The molecular formula is C13H15N3O2. The number of hydrogen-bond acceptors (Lipinski definition) is 5. The Morgan fingerprint density at radius 3 is 2.72 bits per heavy atom. The van der Waals surface area contributed by atoms with Crippen LogP contribution in [0.1, 0.15) is 18.2 Å². The Hall–Kier alpha value is -2.35. The SMILES string of the molecule is CCOC(=O)C(=CN(C)C)c1ccc(C#N)cn1. The van der Waals surface area contributed by atoms with Crippen molar-refractivity contribution in [3.8, 4) is 6.07 Å². The summed E-state index contributed by atoms with van der Waals surface area (Å²) in [6.45, 7) is 2.05. The van der Waals surface area contributed by atoms with Crippen LogP contribution in [0.25, 0.3) is 5.57 Å². The van der Waals surface area contributed by atoms with Crippen molar-refractivity contribution >= 4 is 11.5 Å². The first-order chi connectivity index (χ1) is 8.58. The highest BCUT2D eigenvalue weighted by molar-refractivity contribution is 6.15. The zero-order valence-corrected chi connectivity index (χ0v) is 10.7. The van der Waals surface area contributed by atoms with Crippen molar-refractivity contribution in [1.82, 2.24) is 9.88 Å². The Bertz CT molecular complexity index is 484. The van der Waals surface area contributed by atoms with Gasteiger partial charge in [-0.1, -0.05) is 0 Å². The molecule has 94 valence electrons. The van der Waals surface area contributed by atoms with Gasteiger partial charge in [0.15, 0.2) is 0 Å². The Morgan fingerprint density at radius 1 is 1.56 bits per heavy atom. The molecule has 18 heavy (non-hydrogen) atoms. The number of esters is 1. The third kappa shape index (κ3) is 3.59. The van der Waals surface area contributed by atoms with Crippen LogP contribution in [0.2, 0.25) is 0 Å². The zero-order chi connectivity index (χ0) is 13.5. The summed E-state index contributed by atoms with van der Waals surface area (Å²) in [4.78, 5) is 17.6. The Balaban J connectivity index is 3.10. The molecule has 1 aromatic heterocycles. The van der Waals surface area contributed by atoms with Crippen molar-refractivity contribution in [3.05, 3.63) is 35.8 Å². The normalized spacial score (nSPS) is 10.7. The highest BCUT2D eigenvalue weighted by atomic mass is 16.5. The van der Waals surface area contributed by atoms with Crippen LogP contribution in [0.4, 0.5) is 0 Å². The molecule has 0 saturated heterocycles. The summed E-state index contributed by atoms with van der Waals surface area (Å²) in [7, 11) is 3.62. The second-order valence-electron chi connectivity index (χ2n) is 3.77. The molecule has 0 N–H and O–H groups in total. The van der Waals surface area contributed by atoms with E-state index in [0.717, 1.165) is 0 Å². The Kier molecular flexibility index (Phi) is 4.88. The second kappa shape index (κ2) is 6.40. The fourth-order valence-corrected chi connectivity index (χ4v) is 1.31. The molecule has 1 heterocycles. The van der Waals surface area contributed by atoms with E-state index in [1.54, 1.807) is 30.2 Å². The highest BCUT2D eigenvalue weighted by Crippen LogP contribution is 2.14. The minimum absolute atomic E-state index is 0.305. The topological polar surface area (TPSA) is 66.2 Å². The quantitative estimate of drug-likeness (QED) is 0.593. The first-order valence-electron chi connectivity index (χ1n) is 5.50. The zero-order valence-electron chi connectivity index (χ0n) is 10.7. The Morgan fingerprint density at radius 2 is 2.28 bits per heavy atom. The number of carbonyl (C=O) groups is 1. The maximum absolute atomic E-state index is 11.8. The van der Waals surface area contributed by atoms with Crippen LogP contribution in [-0.4, -0.2) is 36.6 Å². The lowest BCUT2D eigenvalue weighted by Gasteiger charge is -2.10. The fraction of sp³-hybridized carbons (Fsp3) is 0.308. The van der Waals surface area contributed by atoms with Gasteiger partial charge in [-0.15, -0.1) is 0 Å². The standard InChI is InChI=1S/C13H15N3O2/c1-4-18-13(17)11(9-16(2)3)12-6-5-10(7-14)8-15-12/h5-6,8-9H,4H2,1-3H3. The third-order valence-corrected chi connectivity index (χ3v) is 2.05. The van der Waals surface area contributed by atoms with Gasteiger partial charge in [0.2, 0.25) is 0 Å². The number of rotatable bonds is 4. The van der Waals surface area contributed by atoms with Crippen LogP contribution >= 0.6 is 0 Å². The lowest BCUT2D eigenvalue weighted by Crippen LogP contribution is -2.12. The van der Waals surface area contributed by atoms with Crippen molar-refractivity contribution in [2.24, 2.45) is 0 Å². The van der Waals surface area contributed by atoms with Crippen LogP contribution in [0.3, 0.4) is 0 Å². The van der Waals surface area contributed by atoms with Crippen molar-refractivity contribution < 1.29 is 9.53 Å². The molecule has 0 aliphatic carbocycles. The molecule has 5 nitrogen and oxygen atoms in total. The number of aromatic nitrogens is 1. The van der Waals surface area contributed by atoms with Crippen LogP contribution in [-0.2, 0) is 9.53 Å². The van der Waals surface area contributed by atoms with Gasteiger partial charge in [-0.3, -0.25) is 4.98 Å². The number of nitriles is 1. The fourth-order valence-electron chi connectivity index (χ4n) is 1.31. The first-order valence-corrected chi connectivity index (χ1v) is 5.50. The van der Waals surface area contributed by atoms with Crippen LogP contribution in [0.5, 0.6) is 0 Å². The van der Waals surface area contributed by atoms with E-state index in [-0.39, 0.29) is 0 Å². The van der Waals surface area contributed by atoms with E-state index in [1.165, 1.54) is 6.20 Å². The van der Waals surface area contributed by atoms with Crippen molar-refractivity contribution in [2.75, 3.05) is 20.7 Å². The minimum atomic E-state index is -0.427. The number of pyridine rings is 1. The van der Waals surface area contributed by atoms with E-state index in [2.05, 4.69) is 4.98 Å². The summed E-state index contributed by atoms with van der Waals surface area (Å²) in [5, 5.41) is 8.70. The molecule has 1 rings (SSSR count). The van der Waals surface area contributed by atoms with E-state index in [1.807, 2.05) is 20.2 Å². The smallest absolute Gasteiger partial charge is 0.341 e. The molecule has 0 aromatic carbocycles. The molecule has 0 amide bonds. The number of carbonyl (C=O) groups excluding carboxylic acids is 1. The van der Waals surface area contributed by atoms with Gasteiger partial charge < -0.3 is 9.64 Å². The van der Waals surface area contributed by atoms with Crippen LogP contribution in [0, 0.1) is 11.3 Å². The molecule has 0 fully saturated rings. The predicted molar refractivity (Wildman–Crippen MR) is 67.2 cm³/mol. The molecule has 0 saturated carbocycles. The van der Waals surface area contributed by atoms with Gasteiger partial charge in [0.25, 0.3) is 0 Å². The lowest BCUT2D eigenvalue weighted by molar-refractivity contribution is -0.136. The summed E-state index contributed by atoms with van der Waals surface area (Å²) < 4.78 is 4.98. The molecule has 5 heteroatoms. The van der Waals surface area contributed by atoms with Gasteiger partial charge in [0.05, 0.1) is 17.9 Å². The molecule has 0 unspecified atom stereocenters. The minimum Gasteiger partial charge on any atom is -0.462 e. The molecule has 0 atom stereocenters. The summed E-state index contributed by atoms with van der Waals surface area (Å²) in [6.07, 6.45) is 3.07. The largest absolute Gasteiger partial charge is 0.462 e. The molecule has 0 bridgehead atoms. The Labute approximate surface area is 106 Å². The van der Waals surface area contributed by atoms with E-state index in [4.69, 9.17) is 10.00 Å². The molecule has 0 aliphatic rings. The van der Waals surface area contributed by atoms with Crippen LogP contribution in [0.15, 0.2) is 24.5 Å². The average Bonchev–Trinajstić information content (AvgIpc) is 2.36. The van der Waals surface area contributed by atoms with Crippen molar-refractivity contribution in [2.45, 2.75) is 6.92 Å². The summed E-state index contributed by atoms with van der Waals surface area (Å²) in [5.74, 6) is -0.427. The second-order valence-corrected chi connectivity index (χ2v) is 3.77. The summed E-state index contributed by atoms with van der Waals surface area (Å²) in [6, 6.07) is 5.23. The van der Waals surface area contributed by atoms with Gasteiger partial charge in [0, 0.05) is 26.5 Å².